The first kappa shape index (κ1) is 14.2. The highest BCUT2D eigenvalue weighted by Crippen LogP contribution is 2.29. The molecule has 1 aliphatic rings. The highest BCUT2D eigenvalue weighted by Gasteiger charge is 2.13. The zero-order valence-corrected chi connectivity index (χ0v) is 14.4. The van der Waals surface area contributed by atoms with Gasteiger partial charge in [0.05, 0.1) is 34.3 Å². The summed E-state index contributed by atoms with van der Waals surface area (Å²) >= 11 is 5.81. The highest BCUT2D eigenvalue weighted by atomic mass is 127. The van der Waals surface area contributed by atoms with E-state index in [1.165, 1.54) is 15.5 Å². The maximum atomic E-state index is 4.28. The fourth-order valence-electron chi connectivity index (χ4n) is 1.76. The van der Waals surface area contributed by atoms with E-state index in [-0.39, 0.29) is 0 Å². The molecule has 0 fully saturated rings. The van der Waals surface area contributed by atoms with Crippen molar-refractivity contribution in [1.29, 1.82) is 0 Å². The molecule has 1 aromatic carbocycles. The van der Waals surface area contributed by atoms with E-state index in [1.54, 1.807) is 11.8 Å². The van der Waals surface area contributed by atoms with Crippen LogP contribution in [0.25, 0.3) is 0 Å². The molecule has 0 atom stereocenters. The van der Waals surface area contributed by atoms with E-state index in [0.717, 1.165) is 17.2 Å². The van der Waals surface area contributed by atoms with Crippen LogP contribution in [0.4, 0.5) is 0 Å². The molecule has 3 nitrogen and oxygen atoms in total. The predicted molar refractivity (Wildman–Crippen MR) is 92.6 cm³/mol. The van der Waals surface area contributed by atoms with Gasteiger partial charge in [-0.1, -0.05) is 29.5 Å². The molecule has 2 bridgehead atoms. The number of fused-ring (bicyclic) bond motifs is 4. The van der Waals surface area contributed by atoms with Gasteiger partial charge >= 0.3 is 0 Å². The number of aromatic nitrogens is 3. The van der Waals surface area contributed by atoms with Crippen LogP contribution >= 0.6 is 46.4 Å². The first-order chi connectivity index (χ1) is 9.83. The Bertz CT molecular complexity index is 671. The summed E-state index contributed by atoms with van der Waals surface area (Å²) in [6, 6.07) is 16.9. The number of rotatable bonds is 0. The highest BCUT2D eigenvalue weighted by molar-refractivity contribution is 14.1. The van der Waals surface area contributed by atoms with E-state index in [1.807, 2.05) is 14.7 Å². The molecule has 0 amide bonds. The standard InChI is InChI=1S/C14H12IN3S2/c15-18-14-10-20-12-6-4-2-1-3-5-11(7-8-12)19-9-13(14)16-17-18/h1-8H,9-10H2. The number of halogens is 1. The molecule has 3 rings (SSSR count). The number of hydrogen-bond acceptors (Lipinski definition) is 4. The Labute approximate surface area is 140 Å². The maximum absolute atomic E-state index is 4.28. The summed E-state index contributed by atoms with van der Waals surface area (Å²) in [6.45, 7) is 0. The minimum absolute atomic E-state index is 0.859. The van der Waals surface area contributed by atoms with Gasteiger partial charge in [-0.2, -0.15) is 2.90 Å². The van der Waals surface area contributed by atoms with Crippen molar-refractivity contribution < 1.29 is 0 Å². The average Bonchev–Trinajstić information content (AvgIpc) is 2.82. The number of thioether (sulfide) groups is 2. The summed E-state index contributed by atoms with van der Waals surface area (Å²) in [5, 5.41) is 8.41. The lowest BCUT2D eigenvalue weighted by atomic mass is 10.4. The molecular weight excluding hydrogens is 401 g/mol. The van der Waals surface area contributed by atoms with Gasteiger partial charge in [0, 0.05) is 21.3 Å². The van der Waals surface area contributed by atoms with Crippen molar-refractivity contribution in [3.63, 3.8) is 0 Å². The summed E-state index contributed by atoms with van der Waals surface area (Å²) in [5.74, 6) is 1.75. The first-order valence-electron chi connectivity index (χ1n) is 6.11. The van der Waals surface area contributed by atoms with Crippen LogP contribution in [0, 0.1) is 0 Å². The Kier molecular flexibility index (Phi) is 4.85. The molecule has 0 aliphatic carbocycles. The van der Waals surface area contributed by atoms with Gasteiger partial charge in [-0.3, -0.25) is 0 Å². The zero-order valence-electron chi connectivity index (χ0n) is 10.6. The van der Waals surface area contributed by atoms with Gasteiger partial charge in [-0.05, 0) is 24.3 Å². The third kappa shape index (κ3) is 3.48. The van der Waals surface area contributed by atoms with E-state index in [9.17, 15) is 0 Å². The normalized spacial score (nSPS) is 13.4. The van der Waals surface area contributed by atoms with Crippen molar-refractivity contribution in [3.8, 4) is 0 Å². The third-order valence-corrected chi connectivity index (χ3v) is 5.64. The molecule has 0 radical (unpaired) electrons. The van der Waals surface area contributed by atoms with Gasteiger partial charge in [0.15, 0.2) is 0 Å². The molecule has 0 saturated carbocycles. The third-order valence-electron chi connectivity index (χ3n) is 2.82. The molecule has 0 N–H and O–H groups in total. The second-order valence-corrected chi connectivity index (χ2v) is 7.17. The van der Waals surface area contributed by atoms with E-state index in [0.29, 0.717) is 0 Å². The van der Waals surface area contributed by atoms with Crippen LogP contribution in [0.3, 0.4) is 0 Å². The van der Waals surface area contributed by atoms with Gasteiger partial charge < -0.3 is 0 Å². The van der Waals surface area contributed by atoms with Crippen LogP contribution in [0.5, 0.6) is 0 Å². The molecule has 20 heavy (non-hydrogen) atoms. The van der Waals surface area contributed by atoms with Crippen LogP contribution in [0.2, 0.25) is 0 Å². The topological polar surface area (TPSA) is 30.7 Å². The average molecular weight is 413 g/mol. The SMILES string of the molecule is In1nnc2c1CSc1ccccccc(cc1)SC2. The molecule has 102 valence electrons. The van der Waals surface area contributed by atoms with Crippen molar-refractivity contribution >= 4 is 46.4 Å². The molecule has 0 unspecified atom stereocenters. The van der Waals surface area contributed by atoms with Crippen molar-refractivity contribution in [3.05, 3.63) is 59.9 Å². The van der Waals surface area contributed by atoms with E-state index >= 15 is 0 Å². The summed E-state index contributed by atoms with van der Waals surface area (Å²) in [5.41, 5.74) is 2.27. The number of nitrogens with zero attached hydrogens (tertiary/aromatic N) is 3. The van der Waals surface area contributed by atoms with Gasteiger partial charge in [-0.25, -0.2) is 0 Å². The van der Waals surface area contributed by atoms with Crippen LogP contribution in [0.1, 0.15) is 11.4 Å². The number of hydrogen-bond donors (Lipinski definition) is 0. The van der Waals surface area contributed by atoms with Gasteiger partial charge in [-0.15, -0.1) is 28.6 Å². The molecule has 0 saturated heterocycles. The van der Waals surface area contributed by atoms with Crippen LogP contribution in [-0.2, 0) is 11.5 Å². The van der Waals surface area contributed by atoms with Gasteiger partial charge in [0.2, 0.25) is 0 Å². The van der Waals surface area contributed by atoms with Crippen LogP contribution < -0.4 is 0 Å². The lowest BCUT2D eigenvalue weighted by Gasteiger charge is -2.06. The molecular formula is C14H12IN3S2. The van der Waals surface area contributed by atoms with E-state index < -0.39 is 0 Å². The van der Waals surface area contributed by atoms with E-state index in [2.05, 4.69) is 81.7 Å². The largest absolute Gasteiger partial charge is 0.187 e. The predicted octanol–water partition coefficient (Wildman–Crippen LogP) is 4.50. The van der Waals surface area contributed by atoms with Crippen LogP contribution in [-0.4, -0.2) is 13.2 Å². The van der Waals surface area contributed by atoms with Crippen molar-refractivity contribution in [2.24, 2.45) is 0 Å². The van der Waals surface area contributed by atoms with E-state index in [4.69, 9.17) is 0 Å². The second-order valence-electron chi connectivity index (χ2n) is 4.16. The second kappa shape index (κ2) is 6.82. The Morgan fingerprint density at radius 1 is 0.900 bits per heavy atom. The summed E-state index contributed by atoms with van der Waals surface area (Å²) in [6.07, 6.45) is 0. The summed E-state index contributed by atoms with van der Waals surface area (Å²) < 4.78 is 1.86. The Morgan fingerprint density at radius 2 is 1.55 bits per heavy atom. The van der Waals surface area contributed by atoms with Gasteiger partial charge in [0.1, 0.15) is 0 Å². The lowest BCUT2D eigenvalue weighted by molar-refractivity contribution is 0.897. The monoisotopic (exact) mass is 413 g/mol. The molecule has 1 aromatic heterocycles. The molecule has 1 aliphatic heterocycles. The quantitative estimate of drug-likeness (QED) is 0.596. The Balaban J connectivity index is 2.07. The minimum atomic E-state index is 0.859. The van der Waals surface area contributed by atoms with Crippen molar-refractivity contribution in [1.82, 2.24) is 13.2 Å². The van der Waals surface area contributed by atoms with Crippen LogP contribution in [0.15, 0.2) is 58.3 Å². The van der Waals surface area contributed by atoms with Gasteiger partial charge in [0.25, 0.3) is 0 Å². The van der Waals surface area contributed by atoms with Crippen molar-refractivity contribution in [2.45, 2.75) is 21.3 Å². The van der Waals surface area contributed by atoms with Crippen molar-refractivity contribution in [2.75, 3.05) is 0 Å². The molecule has 6 heteroatoms. The zero-order chi connectivity index (χ0) is 13.8. The molecule has 2 aromatic rings. The fraction of sp³-hybridized carbons (Fsp3) is 0.143. The molecule has 2 heterocycles. The molecule has 0 spiro atoms. The fourth-order valence-corrected chi connectivity index (χ4v) is 4.34. The minimum Gasteiger partial charge on any atom is -0.187 e. The smallest absolute Gasteiger partial charge is 0.0979 e. The lowest BCUT2D eigenvalue weighted by Crippen LogP contribution is -1.94. The maximum Gasteiger partial charge on any atom is 0.0979 e. The summed E-state index contributed by atoms with van der Waals surface area (Å²) in [7, 11) is 0. The Hall–Kier alpha value is -0.730. The summed E-state index contributed by atoms with van der Waals surface area (Å²) in [4.78, 5) is 2.48. The Morgan fingerprint density at radius 3 is 2.25 bits per heavy atom. The first-order valence-corrected chi connectivity index (χ1v) is 9.05.